The van der Waals surface area contributed by atoms with Gasteiger partial charge in [0.15, 0.2) is 5.82 Å². The molecule has 2 rings (SSSR count). The summed E-state index contributed by atoms with van der Waals surface area (Å²) < 4.78 is 1.72. The standard InChI is InChI=1S/C13H17N5O/c1-3-9-12(14)10(4-2)18(17-9)11-6-5-8(7-16-11)13(15)19/h5-7H,3-4,14H2,1-2H3,(H2,15,19). The molecule has 0 saturated heterocycles. The van der Waals surface area contributed by atoms with Crippen LogP contribution in [0, 0.1) is 0 Å². The Hall–Kier alpha value is -2.37. The van der Waals surface area contributed by atoms with Crippen LogP contribution in [0.25, 0.3) is 5.82 Å². The molecule has 2 heterocycles. The van der Waals surface area contributed by atoms with Gasteiger partial charge in [0, 0.05) is 6.20 Å². The predicted octanol–water partition coefficient (Wildman–Crippen LogP) is 1.07. The number of pyridine rings is 1. The maximum Gasteiger partial charge on any atom is 0.250 e. The Kier molecular flexibility index (Phi) is 3.50. The summed E-state index contributed by atoms with van der Waals surface area (Å²) in [5.41, 5.74) is 14.1. The number of anilines is 1. The lowest BCUT2D eigenvalue weighted by Crippen LogP contribution is -2.12. The van der Waals surface area contributed by atoms with E-state index in [1.54, 1.807) is 16.8 Å². The Morgan fingerprint density at radius 2 is 2.05 bits per heavy atom. The summed E-state index contributed by atoms with van der Waals surface area (Å²) in [5, 5.41) is 4.46. The number of hydrogen-bond acceptors (Lipinski definition) is 4. The van der Waals surface area contributed by atoms with E-state index in [0.717, 1.165) is 24.2 Å². The van der Waals surface area contributed by atoms with Crippen molar-refractivity contribution in [3.05, 3.63) is 35.3 Å². The average Bonchev–Trinajstić information content (AvgIpc) is 2.75. The summed E-state index contributed by atoms with van der Waals surface area (Å²) in [6, 6.07) is 3.35. The lowest BCUT2D eigenvalue weighted by atomic mass is 10.2. The summed E-state index contributed by atoms with van der Waals surface area (Å²) >= 11 is 0. The Labute approximate surface area is 111 Å². The fourth-order valence-corrected chi connectivity index (χ4v) is 1.96. The van der Waals surface area contributed by atoms with Crippen molar-refractivity contribution in [3.8, 4) is 5.82 Å². The van der Waals surface area contributed by atoms with Gasteiger partial charge < -0.3 is 11.5 Å². The van der Waals surface area contributed by atoms with Crippen molar-refractivity contribution < 1.29 is 4.79 Å². The molecule has 0 atom stereocenters. The summed E-state index contributed by atoms with van der Waals surface area (Å²) in [6.07, 6.45) is 2.98. The van der Waals surface area contributed by atoms with Gasteiger partial charge in [0.25, 0.3) is 0 Å². The van der Waals surface area contributed by atoms with E-state index in [-0.39, 0.29) is 0 Å². The molecule has 2 aromatic heterocycles. The fourth-order valence-electron chi connectivity index (χ4n) is 1.96. The highest BCUT2D eigenvalue weighted by Gasteiger charge is 2.14. The second-order valence-corrected chi connectivity index (χ2v) is 4.20. The Morgan fingerprint density at radius 1 is 1.32 bits per heavy atom. The van der Waals surface area contributed by atoms with Crippen molar-refractivity contribution in [2.75, 3.05) is 5.73 Å². The van der Waals surface area contributed by atoms with Crippen LogP contribution in [0.1, 0.15) is 35.6 Å². The van der Waals surface area contributed by atoms with E-state index in [9.17, 15) is 4.79 Å². The lowest BCUT2D eigenvalue weighted by Gasteiger charge is -2.05. The van der Waals surface area contributed by atoms with Crippen LogP contribution in [0.2, 0.25) is 0 Å². The Balaban J connectivity index is 2.49. The van der Waals surface area contributed by atoms with Gasteiger partial charge in [-0.3, -0.25) is 4.79 Å². The molecule has 6 heteroatoms. The monoisotopic (exact) mass is 259 g/mol. The van der Waals surface area contributed by atoms with Crippen LogP contribution in [-0.4, -0.2) is 20.7 Å². The van der Waals surface area contributed by atoms with E-state index in [2.05, 4.69) is 10.1 Å². The number of carbonyl (C=O) groups is 1. The first-order chi connectivity index (χ1) is 9.08. The summed E-state index contributed by atoms with van der Waals surface area (Å²) in [7, 11) is 0. The number of nitrogens with zero attached hydrogens (tertiary/aromatic N) is 3. The number of nitrogen functional groups attached to an aromatic ring is 1. The van der Waals surface area contributed by atoms with Crippen LogP contribution in [-0.2, 0) is 12.8 Å². The third-order valence-electron chi connectivity index (χ3n) is 3.02. The number of nitrogens with two attached hydrogens (primary N) is 2. The maximum absolute atomic E-state index is 11.0. The van der Waals surface area contributed by atoms with Crippen molar-refractivity contribution in [2.45, 2.75) is 26.7 Å². The van der Waals surface area contributed by atoms with Crippen LogP contribution in [0.4, 0.5) is 5.69 Å². The molecule has 100 valence electrons. The fraction of sp³-hybridized carbons (Fsp3) is 0.308. The molecular formula is C13H17N5O. The van der Waals surface area contributed by atoms with E-state index in [1.165, 1.54) is 6.20 Å². The molecule has 2 aromatic rings. The molecule has 0 bridgehead atoms. The third-order valence-corrected chi connectivity index (χ3v) is 3.02. The Bertz CT molecular complexity index is 600. The number of aromatic nitrogens is 3. The summed E-state index contributed by atoms with van der Waals surface area (Å²) in [5.74, 6) is 0.136. The molecular weight excluding hydrogens is 242 g/mol. The van der Waals surface area contributed by atoms with E-state index < -0.39 is 5.91 Å². The minimum Gasteiger partial charge on any atom is -0.396 e. The Morgan fingerprint density at radius 3 is 2.53 bits per heavy atom. The minimum absolute atomic E-state index is 0.373. The average molecular weight is 259 g/mol. The second-order valence-electron chi connectivity index (χ2n) is 4.20. The third kappa shape index (κ3) is 2.29. The number of carbonyl (C=O) groups excluding carboxylic acids is 1. The van der Waals surface area contributed by atoms with E-state index >= 15 is 0 Å². The van der Waals surface area contributed by atoms with Crippen LogP contribution in [0.3, 0.4) is 0 Å². The second kappa shape index (κ2) is 5.09. The highest BCUT2D eigenvalue weighted by molar-refractivity contribution is 5.92. The molecule has 1 amide bonds. The first kappa shape index (κ1) is 13.1. The minimum atomic E-state index is -0.496. The zero-order valence-corrected chi connectivity index (χ0v) is 11.1. The van der Waals surface area contributed by atoms with Gasteiger partial charge in [0.1, 0.15) is 0 Å². The summed E-state index contributed by atoms with van der Waals surface area (Å²) in [6.45, 7) is 4.02. The number of primary amides is 1. The first-order valence-electron chi connectivity index (χ1n) is 6.20. The van der Waals surface area contributed by atoms with Crippen molar-refractivity contribution in [2.24, 2.45) is 5.73 Å². The molecule has 0 fully saturated rings. The van der Waals surface area contributed by atoms with E-state index in [1.807, 2.05) is 13.8 Å². The number of amides is 1. The van der Waals surface area contributed by atoms with Crippen LogP contribution in [0.5, 0.6) is 0 Å². The zero-order valence-electron chi connectivity index (χ0n) is 11.1. The van der Waals surface area contributed by atoms with Gasteiger partial charge in [-0.05, 0) is 25.0 Å². The van der Waals surface area contributed by atoms with Gasteiger partial charge in [-0.1, -0.05) is 13.8 Å². The van der Waals surface area contributed by atoms with Gasteiger partial charge in [0.05, 0.1) is 22.6 Å². The SMILES string of the molecule is CCc1nn(-c2ccc(C(N)=O)cn2)c(CC)c1N. The van der Waals surface area contributed by atoms with Crippen molar-refractivity contribution in [1.29, 1.82) is 0 Å². The van der Waals surface area contributed by atoms with Gasteiger partial charge in [0.2, 0.25) is 5.91 Å². The van der Waals surface area contributed by atoms with Gasteiger partial charge in [-0.25, -0.2) is 9.67 Å². The predicted molar refractivity (Wildman–Crippen MR) is 73.0 cm³/mol. The zero-order chi connectivity index (χ0) is 14.0. The number of aryl methyl sites for hydroxylation is 1. The molecule has 0 aromatic carbocycles. The smallest absolute Gasteiger partial charge is 0.250 e. The van der Waals surface area contributed by atoms with Crippen LogP contribution in [0.15, 0.2) is 18.3 Å². The van der Waals surface area contributed by atoms with Crippen LogP contribution >= 0.6 is 0 Å². The molecule has 0 aliphatic heterocycles. The van der Waals surface area contributed by atoms with Gasteiger partial charge >= 0.3 is 0 Å². The van der Waals surface area contributed by atoms with Crippen molar-refractivity contribution >= 4 is 11.6 Å². The first-order valence-corrected chi connectivity index (χ1v) is 6.20. The summed E-state index contributed by atoms with van der Waals surface area (Å²) in [4.78, 5) is 15.2. The molecule has 0 unspecified atom stereocenters. The van der Waals surface area contributed by atoms with Crippen molar-refractivity contribution in [3.63, 3.8) is 0 Å². The molecule has 0 aliphatic carbocycles. The largest absolute Gasteiger partial charge is 0.396 e. The van der Waals surface area contributed by atoms with Crippen LogP contribution < -0.4 is 11.5 Å². The molecule has 6 nitrogen and oxygen atoms in total. The van der Waals surface area contributed by atoms with E-state index in [4.69, 9.17) is 11.5 Å². The quantitative estimate of drug-likeness (QED) is 0.857. The molecule has 4 N–H and O–H groups in total. The molecule has 0 saturated carbocycles. The maximum atomic E-state index is 11.0. The van der Waals surface area contributed by atoms with Gasteiger partial charge in [-0.15, -0.1) is 0 Å². The molecule has 0 radical (unpaired) electrons. The topological polar surface area (TPSA) is 99.8 Å². The number of hydrogen-bond donors (Lipinski definition) is 2. The highest BCUT2D eigenvalue weighted by atomic mass is 16.1. The highest BCUT2D eigenvalue weighted by Crippen LogP contribution is 2.21. The van der Waals surface area contributed by atoms with Crippen molar-refractivity contribution in [1.82, 2.24) is 14.8 Å². The molecule has 0 aliphatic rings. The number of rotatable bonds is 4. The molecule has 19 heavy (non-hydrogen) atoms. The van der Waals surface area contributed by atoms with Gasteiger partial charge in [-0.2, -0.15) is 5.10 Å². The molecule has 0 spiro atoms. The normalized spacial score (nSPS) is 10.6. The van der Waals surface area contributed by atoms with E-state index in [0.29, 0.717) is 17.1 Å². The lowest BCUT2D eigenvalue weighted by molar-refractivity contribution is 0.1000.